The number of carbonyl (C=O) groups excluding carboxylic acids is 4. The number of unbranched alkanes of at least 4 members (excludes halogenated alkanes) is 48. The van der Waals surface area contributed by atoms with Gasteiger partial charge in [-0.15, -0.1) is 0 Å². The molecule has 0 fully saturated rings. The monoisotopic (exact) mass is 1440 g/mol. The molecule has 582 valence electrons. The number of esters is 4. The number of aliphatic hydroxyl groups is 1. The molecule has 17 nitrogen and oxygen atoms in total. The maximum Gasteiger partial charge on any atom is 0.472 e. The van der Waals surface area contributed by atoms with Gasteiger partial charge >= 0.3 is 39.5 Å². The van der Waals surface area contributed by atoms with Crippen molar-refractivity contribution in [1.29, 1.82) is 0 Å². The van der Waals surface area contributed by atoms with Gasteiger partial charge in [-0.25, -0.2) is 9.13 Å². The average Bonchev–Trinajstić information content (AvgIpc) is 1.01. The Morgan fingerprint density at radius 1 is 0.276 bits per heavy atom. The zero-order chi connectivity index (χ0) is 72.1. The smallest absolute Gasteiger partial charge is 0.462 e. The summed E-state index contributed by atoms with van der Waals surface area (Å²) in [5.74, 6) is -0.602. The molecule has 0 aliphatic carbocycles. The number of phosphoric acid groups is 2. The molecule has 0 aromatic rings. The third-order valence-corrected chi connectivity index (χ3v) is 20.4. The second-order valence-corrected chi connectivity index (χ2v) is 32.3. The lowest BCUT2D eigenvalue weighted by atomic mass is 10.0. The van der Waals surface area contributed by atoms with Gasteiger partial charge in [-0.3, -0.25) is 37.3 Å². The fourth-order valence-corrected chi connectivity index (χ4v) is 13.8. The fraction of sp³-hybridized carbons (Fsp3) is 0.949. The number of carbonyl (C=O) groups is 4. The van der Waals surface area contributed by atoms with Crippen LogP contribution in [-0.2, 0) is 65.4 Å². The molecule has 0 aromatic heterocycles. The lowest BCUT2D eigenvalue weighted by molar-refractivity contribution is -0.161. The predicted octanol–water partition coefficient (Wildman–Crippen LogP) is 23.5. The maximum absolute atomic E-state index is 13.1. The number of aliphatic hydroxyl groups excluding tert-OH is 1. The summed E-state index contributed by atoms with van der Waals surface area (Å²) in [5, 5.41) is 10.6. The minimum absolute atomic E-state index is 0.106. The van der Waals surface area contributed by atoms with Crippen LogP contribution in [0.2, 0.25) is 0 Å². The van der Waals surface area contributed by atoms with Gasteiger partial charge in [-0.2, -0.15) is 0 Å². The Balaban J connectivity index is 5.21. The number of hydrogen-bond acceptors (Lipinski definition) is 15. The summed E-state index contributed by atoms with van der Waals surface area (Å²) in [6.45, 7) is 9.60. The summed E-state index contributed by atoms with van der Waals surface area (Å²) < 4.78 is 68.6. The van der Waals surface area contributed by atoms with Crippen LogP contribution >= 0.6 is 15.6 Å². The van der Waals surface area contributed by atoms with E-state index >= 15 is 0 Å². The molecule has 5 atom stereocenters. The fourth-order valence-electron chi connectivity index (χ4n) is 12.2. The summed E-state index contributed by atoms with van der Waals surface area (Å²) in [7, 11) is -9.92. The highest BCUT2D eigenvalue weighted by molar-refractivity contribution is 7.47. The highest BCUT2D eigenvalue weighted by Gasteiger charge is 2.30. The van der Waals surface area contributed by atoms with E-state index in [0.717, 1.165) is 102 Å². The van der Waals surface area contributed by atoms with Crippen LogP contribution < -0.4 is 0 Å². The molecule has 0 saturated heterocycles. The highest BCUT2D eigenvalue weighted by atomic mass is 31.2. The van der Waals surface area contributed by atoms with Crippen molar-refractivity contribution in [2.75, 3.05) is 39.6 Å². The SMILES string of the molecule is CCCCCCCCCCCCCCCCCCCCCCCC(=O)O[C@H](COC(=O)CCCCCCCCCCCCC(C)C)COP(=O)(O)OC[C@@H](O)COP(=O)(O)OC[C@@H](COC(=O)CCCCCCCCCCCCC)OC(=O)CCCCCCCCCCCCC(C)C. The van der Waals surface area contributed by atoms with E-state index in [1.165, 1.54) is 231 Å². The molecular weight excluding hydrogens is 1280 g/mol. The van der Waals surface area contributed by atoms with Crippen molar-refractivity contribution in [3.63, 3.8) is 0 Å². The molecule has 0 amide bonds. The van der Waals surface area contributed by atoms with E-state index in [1.807, 2.05) is 0 Å². The molecule has 0 rings (SSSR count). The zero-order valence-corrected chi connectivity index (χ0v) is 65.9. The van der Waals surface area contributed by atoms with E-state index in [-0.39, 0.29) is 25.7 Å². The lowest BCUT2D eigenvalue weighted by Gasteiger charge is -2.21. The molecule has 0 radical (unpaired) electrons. The quantitative estimate of drug-likeness (QED) is 0.0222. The van der Waals surface area contributed by atoms with Gasteiger partial charge in [-0.05, 0) is 37.5 Å². The van der Waals surface area contributed by atoms with E-state index < -0.39 is 97.5 Å². The standard InChI is InChI=1S/C79H154O17P2/c1-7-9-11-13-15-17-19-20-21-22-23-24-25-26-27-28-30-39-45-51-57-63-78(83)95-74(68-90-77(82)62-56-50-44-38-33-31-35-41-47-53-59-71(3)4)69-93-97(85,86)91-65-73(80)66-92-98(87,88)94-70-75(67-89-76(81)61-55-49-43-37-29-18-16-14-12-10-8-2)96-79(84)64-58-52-46-40-34-32-36-42-48-54-60-72(5)6/h71-75,80H,7-70H2,1-6H3,(H,85,86)(H,87,88)/t73-,74-,75-/m1/s1. The van der Waals surface area contributed by atoms with Crippen molar-refractivity contribution in [3.8, 4) is 0 Å². The van der Waals surface area contributed by atoms with Crippen LogP contribution in [0.25, 0.3) is 0 Å². The molecule has 0 spiro atoms. The molecule has 0 aliphatic heterocycles. The van der Waals surface area contributed by atoms with Gasteiger partial charge in [0, 0.05) is 25.7 Å². The van der Waals surface area contributed by atoms with E-state index in [4.69, 9.17) is 37.0 Å². The molecule has 0 aromatic carbocycles. The second-order valence-electron chi connectivity index (χ2n) is 29.4. The van der Waals surface area contributed by atoms with Crippen molar-refractivity contribution < 1.29 is 80.2 Å². The largest absolute Gasteiger partial charge is 0.472 e. The Bertz CT molecular complexity index is 1890. The van der Waals surface area contributed by atoms with Gasteiger partial charge in [-0.1, -0.05) is 363 Å². The van der Waals surface area contributed by atoms with Gasteiger partial charge in [0.2, 0.25) is 0 Å². The van der Waals surface area contributed by atoms with Crippen molar-refractivity contribution >= 4 is 39.5 Å². The zero-order valence-electron chi connectivity index (χ0n) is 64.1. The molecular formula is C79H154O17P2. The molecule has 3 N–H and O–H groups in total. The summed E-state index contributed by atoms with van der Waals surface area (Å²) in [5.41, 5.74) is 0. The first-order valence-corrected chi connectivity index (χ1v) is 44.0. The highest BCUT2D eigenvalue weighted by Crippen LogP contribution is 2.45. The average molecular weight is 1440 g/mol. The topological polar surface area (TPSA) is 237 Å². The Morgan fingerprint density at radius 3 is 0.694 bits per heavy atom. The Labute approximate surface area is 600 Å². The Hall–Kier alpha value is -1.94. The van der Waals surface area contributed by atoms with Gasteiger partial charge in [0.05, 0.1) is 26.4 Å². The van der Waals surface area contributed by atoms with Crippen molar-refractivity contribution in [1.82, 2.24) is 0 Å². The van der Waals surface area contributed by atoms with Crippen LogP contribution in [0.1, 0.15) is 414 Å². The summed E-state index contributed by atoms with van der Waals surface area (Å²) in [6.07, 6.45) is 59.7. The van der Waals surface area contributed by atoms with Gasteiger partial charge in [0.25, 0.3) is 0 Å². The van der Waals surface area contributed by atoms with Crippen molar-refractivity contribution in [2.45, 2.75) is 432 Å². The first-order valence-electron chi connectivity index (χ1n) is 41.0. The molecule has 98 heavy (non-hydrogen) atoms. The van der Waals surface area contributed by atoms with Gasteiger partial charge in [0.15, 0.2) is 12.2 Å². The Morgan fingerprint density at radius 2 is 0.469 bits per heavy atom. The van der Waals surface area contributed by atoms with Gasteiger partial charge < -0.3 is 33.8 Å². The second kappa shape index (κ2) is 70.7. The maximum atomic E-state index is 13.1. The first-order chi connectivity index (χ1) is 47.4. The van der Waals surface area contributed by atoms with Crippen LogP contribution in [0, 0.1) is 11.8 Å². The molecule has 0 bridgehead atoms. The lowest BCUT2D eigenvalue weighted by Crippen LogP contribution is -2.30. The predicted molar refractivity (Wildman–Crippen MR) is 400 cm³/mol. The molecule has 0 aliphatic rings. The van der Waals surface area contributed by atoms with E-state index in [1.54, 1.807) is 0 Å². The minimum atomic E-state index is -4.96. The number of ether oxygens (including phenoxy) is 4. The third-order valence-electron chi connectivity index (χ3n) is 18.5. The van der Waals surface area contributed by atoms with Gasteiger partial charge in [0.1, 0.15) is 19.3 Å². The Kier molecular flexibility index (Phi) is 69.3. The summed E-state index contributed by atoms with van der Waals surface area (Å²) in [4.78, 5) is 72.9. The minimum Gasteiger partial charge on any atom is -0.462 e. The molecule has 0 heterocycles. The summed E-state index contributed by atoms with van der Waals surface area (Å²) in [6, 6.07) is 0. The van der Waals surface area contributed by atoms with Crippen LogP contribution in [0.15, 0.2) is 0 Å². The van der Waals surface area contributed by atoms with Crippen LogP contribution in [-0.4, -0.2) is 96.7 Å². The van der Waals surface area contributed by atoms with Crippen molar-refractivity contribution in [3.05, 3.63) is 0 Å². The van der Waals surface area contributed by atoms with E-state index in [2.05, 4.69) is 41.5 Å². The first kappa shape index (κ1) is 96.1. The van der Waals surface area contributed by atoms with E-state index in [0.29, 0.717) is 25.7 Å². The van der Waals surface area contributed by atoms with Crippen LogP contribution in [0.5, 0.6) is 0 Å². The normalized spacial score (nSPS) is 13.9. The van der Waals surface area contributed by atoms with E-state index in [9.17, 15) is 43.2 Å². The molecule has 0 saturated carbocycles. The number of phosphoric ester groups is 2. The number of rotatable bonds is 78. The molecule has 19 heteroatoms. The molecule has 2 unspecified atom stereocenters. The third kappa shape index (κ3) is 72.4. The number of hydrogen-bond donors (Lipinski definition) is 3. The van der Waals surface area contributed by atoms with Crippen LogP contribution in [0.3, 0.4) is 0 Å². The van der Waals surface area contributed by atoms with Crippen LogP contribution in [0.4, 0.5) is 0 Å². The van der Waals surface area contributed by atoms with Crippen molar-refractivity contribution in [2.24, 2.45) is 11.8 Å². The summed E-state index contributed by atoms with van der Waals surface area (Å²) >= 11 is 0.